The van der Waals surface area contributed by atoms with Crippen molar-refractivity contribution in [3.8, 4) is 0 Å². The lowest BCUT2D eigenvalue weighted by molar-refractivity contribution is -0.143. The van der Waals surface area contributed by atoms with Gasteiger partial charge < -0.3 is 20.3 Å². The van der Waals surface area contributed by atoms with Crippen LogP contribution in [0.15, 0.2) is 36.5 Å². The Morgan fingerprint density at radius 1 is 0.360 bits per heavy atom. The Hall–Kier alpha value is -1.92. The van der Waals surface area contributed by atoms with Crippen LogP contribution in [0.25, 0.3) is 0 Å². The third-order valence-electron chi connectivity index (χ3n) is 15.6. The average molecular weight is 1050 g/mol. The van der Waals surface area contributed by atoms with Crippen molar-refractivity contribution in [2.75, 3.05) is 13.2 Å². The van der Waals surface area contributed by atoms with Gasteiger partial charge in [0.2, 0.25) is 5.91 Å². The monoisotopic (exact) mass is 1050 g/mol. The SMILES string of the molecule is CCCC/C=C\CCCCCCCC(=O)OCCCCCCCCCCCCCC/C=C\CCCCCCCCCCCC(=O)NC(CO)C(O)/C=C/CCCCCCCCCCCCCCCCCCCCCC. The lowest BCUT2D eigenvalue weighted by Crippen LogP contribution is -2.45. The van der Waals surface area contributed by atoms with E-state index in [9.17, 15) is 19.8 Å². The molecule has 0 spiro atoms. The number of carbonyl (C=O) groups is 2. The van der Waals surface area contributed by atoms with Gasteiger partial charge in [0, 0.05) is 12.8 Å². The van der Waals surface area contributed by atoms with Gasteiger partial charge in [-0.1, -0.05) is 314 Å². The number of hydrogen-bond acceptors (Lipinski definition) is 5. The number of ether oxygens (including phenoxy) is 1. The van der Waals surface area contributed by atoms with E-state index in [0.717, 1.165) is 44.9 Å². The fourth-order valence-electron chi connectivity index (χ4n) is 10.4. The number of unbranched alkanes of at least 4 members (excludes halogenated alkanes) is 48. The van der Waals surface area contributed by atoms with Crippen LogP contribution in [0.5, 0.6) is 0 Å². The average Bonchev–Trinajstić information content (AvgIpc) is 3.41. The first kappa shape index (κ1) is 73.1. The van der Waals surface area contributed by atoms with Crippen LogP contribution in [0.1, 0.15) is 367 Å². The van der Waals surface area contributed by atoms with Crippen molar-refractivity contribution in [3.05, 3.63) is 36.5 Å². The van der Waals surface area contributed by atoms with E-state index in [1.807, 2.05) is 6.08 Å². The molecule has 1 amide bonds. The Morgan fingerprint density at radius 3 is 0.987 bits per heavy atom. The molecule has 0 aromatic heterocycles. The van der Waals surface area contributed by atoms with Crippen molar-refractivity contribution in [2.45, 2.75) is 379 Å². The first-order valence-electron chi connectivity index (χ1n) is 33.8. The zero-order valence-electron chi connectivity index (χ0n) is 50.5. The molecule has 6 nitrogen and oxygen atoms in total. The molecule has 6 heteroatoms. The van der Waals surface area contributed by atoms with Crippen LogP contribution in [0.3, 0.4) is 0 Å². The van der Waals surface area contributed by atoms with E-state index >= 15 is 0 Å². The van der Waals surface area contributed by atoms with E-state index in [1.165, 1.54) is 295 Å². The van der Waals surface area contributed by atoms with Gasteiger partial charge >= 0.3 is 5.97 Å². The maximum absolute atomic E-state index is 12.5. The van der Waals surface area contributed by atoms with Gasteiger partial charge in [-0.15, -0.1) is 0 Å². The Morgan fingerprint density at radius 2 is 0.640 bits per heavy atom. The van der Waals surface area contributed by atoms with E-state index in [4.69, 9.17) is 4.74 Å². The van der Waals surface area contributed by atoms with Gasteiger partial charge in [0.05, 0.1) is 25.4 Å². The predicted molar refractivity (Wildman–Crippen MR) is 329 cm³/mol. The van der Waals surface area contributed by atoms with Gasteiger partial charge in [-0.05, 0) is 77.0 Å². The summed E-state index contributed by atoms with van der Waals surface area (Å²) < 4.78 is 5.46. The lowest BCUT2D eigenvalue weighted by atomic mass is 10.0. The Labute approximate surface area is 468 Å². The fourth-order valence-corrected chi connectivity index (χ4v) is 10.4. The number of rotatable bonds is 63. The maximum atomic E-state index is 12.5. The number of allylic oxidation sites excluding steroid dienone is 5. The molecule has 0 saturated carbocycles. The van der Waals surface area contributed by atoms with Crippen LogP contribution in [0, 0.1) is 0 Å². The number of esters is 1. The van der Waals surface area contributed by atoms with Crippen molar-refractivity contribution < 1.29 is 24.5 Å². The molecule has 0 aliphatic heterocycles. The van der Waals surface area contributed by atoms with Crippen molar-refractivity contribution in [3.63, 3.8) is 0 Å². The molecule has 0 fully saturated rings. The zero-order valence-corrected chi connectivity index (χ0v) is 50.5. The normalized spacial score (nSPS) is 12.7. The molecule has 0 rings (SSSR count). The molecule has 0 aliphatic rings. The number of aliphatic hydroxyl groups excluding tert-OH is 2. The Kier molecular flexibility index (Phi) is 63.0. The zero-order chi connectivity index (χ0) is 54.3. The highest BCUT2D eigenvalue weighted by Crippen LogP contribution is 2.18. The fraction of sp³-hybridized carbons (Fsp3) is 0.884. The lowest BCUT2D eigenvalue weighted by Gasteiger charge is -2.20. The molecule has 0 aromatic carbocycles. The predicted octanol–water partition coefficient (Wildman–Crippen LogP) is 21.5. The van der Waals surface area contributed by atoms with Crippen molar-refractivity contribution in [1.82, 2.24) is 5.32 Å². The molecular formula is C69H131NO5. The van der Waals surface area contributed by atoms with Gasteiger partial charge in [-0.3, -0.25) is 9.59 Å². The second-order valence-corrected chi connectivity index (χ2v) is 23.1. The smallest absolute Gasteiger partial charge is 0.305 e. The summed E-state index contributed by atoms with van der Waals surface area (Å²) in [7, 11) is 0. The second-order valence-electron chi connectivity index (χ2n) is 23.1. The van der Waals surface area contributed by atoms with E-state index in [2.05, 4.69) is 43.5 Å². The second kappa shape index (κ2) is 64.6. The number of hydrogen-bond donors (Lipinski definition) is 3. The summed E-state index contributed by atoms with van der Waals surface area (Å²) >= 11 is 0. The molecule has 2 atom stereocenters. The topological polar surface area (TPSA) is 95.9 Å². The highest BCUT2D eigenvalue weighted by Gasteiger charge is 2.18. The molecule has 0 bridgehead atoms. The summed E-state index contributed by atoms with van der Waals surface area (Å²) in [4.78, 5) is 24.5. The highest BCUT2D eigenvalue weighted by molar-refractivity contribution is 5.76. The van der Waals surface area contributed by atoms with Crippen LogP contribution in [-0.4, -0.2) is 47.4 Å². The molecule has 2 unspecified atom stereocenters. The first-order valence-corrected chi connectivity index (χ1v) is 33.8. The Bertz CT molecular complexity index is 1210. The van der Waals surface area contributed by atoms with Crippen molar-refractivity contribution in [2.24, 2.45) is 0 Å². The standard InChI is InChI=1S/C69H131NO5/c1-3-5-7-9-11-13-15-16-17-18-19-20-26-29-32-35-38-42-45-49-53-57-61-67(72)66(65-71)70-68(73)62-58-54-50-46-43-39-36-33-30-27-24-22-21-23-25-28-31-34-37-40-44-48-52-56-60-64-75-69(74)63-59-55-51-47-41-14-12-10-8-6-4-2/h10,12,22,24,57,61,66-67,71-72H,3-9,11,13-21,23,25-56,58-60,62-65H2,1-2H3,(H,70,73)/b12-10-,24-22-,61-57+. The minimum atomic E-state index is -0.848. The van der Waals surface area contributed by atoms with Gasteiger partial charge in [0.25, 0.3) is 0 Å². The van der Waals surface area contributed by atoms with Crippen LogP contribution < -0.4 is 5.32 Å². The summed E-state index contributed by atoms with van der Waals surface area (Å²) in [6.07, 6.45) is 82.1. The molecule has 0 saturated heterocycles. The summed E-state index contributed by atoms with van der Waals surface area (Å²) in [5.74, 6) is -0.0656. The summed E-state index contributed by atoms with van der Waals surface area (Å²) in [5, 5.41) is 23.2. The number of aliphatic hydroxyl groups is 2. The summed E-state index contributed by atoms with van der Waals surface area (Å²) in [6.45, 7) is 4.89. The molecule has 0 radical (unpaired) electrons. The number of nitrogens with one attached hydrogen (secondary N) is 1. The van der Waals surface area contributed by atoms with E-state index in [-0.39, 0.29) is 18.5 Å². The third kappa shape index (κ3) is 61.2. The van der Waals surface area contributed by atoms with Crippen LogP contribution in [0.4, 0.5) is 0 Å². The van der Waals surface area contributed by atoms with Gasteiger partial charge in [0.15, 0.2) is 0 Å². The minimum absolute atomic E-state index is 0.00213. The van der Waals surface area contributed by atoms with E-state index in [0.29, 0.717) is 19.4 Å². The van der Waals surface area contributed by atoms with Gasteiger partial charge in [-0.2, -0.15) is 0 Å². The van der Waals surface area contributed by atoms with Crippen LogP contribution >= 0.6 is 0 Å². The van der Waals surface area contributed by atoms with Crippen molar-refractivity contribution >= 4 is 11.9 Å². The molecule has 0 aromatic rings. The van der Waals surface area contributed by atoms with Crippen LogP contribution in [0.2, 0.25) is 0 Å². The largest absolute Gasteiger partial charge is 0.466 e. The Balaban J connectivity index is 3.44. The summed E-state index contributed by atoms with van der Waals surface area (Å²) in [6, 6.07) is -0.631. The van der Waals surface area contributed by atoms with E-state index < -0.39 is 12.1 Å². The number of carbonyl (C=O) groups excluding carboxylic acids is 2. The van der Waals surface area contributed by atoms with Gasteiger partial charge in [0.1, 0.15) is 0 Å². The first-order chi connectivity index (χ1) is 37.0. The minimum Gasteiger partial charge on any atom is -0.466 e. The van der Waals surface area contributed by atoms with Crippen LogP contribution in [-0.2, 0) is 14.3 Å². The van der Waals surface area contributed by atoms with Crippen molar-refractivity contribution in [1.29, 1.82) is 0 Å². The molecule has 0 aliphatic carbocycles. The molecule has 3 N–H and O–H groups in total. The van der Waals surface area contributed by atoms with Gasteiger partial charge in [-0.25, -0.2) is 0 Å². The number of amides is 1. The quantitative estimate of drug-likeness (QED) is 0.0320. The molecule has 442 valence electrons. The van der Waals surface area contributed by atoms with E-state index in [1.54, 1.807) is 6.08 Å². The molecule has 75 heavy (non-hydrogen) atoms. The highest BCUT2D eigenvalue weighted by atomic mass is 16.5. The molecular weight excluding hydrogens is 923 g/mol. The molecule has 0 heterocycles. The third-order valence-corrected chi connectivity index (χ3v) is 15.6. The summed E-state index contributed by atoms with van der Waals surface area (Å²) in [5.41, 5.74) is 0. The maximum Gasteiger partial charge on any atom is 0.305 e.